The molecule has 0 amide bonds. The normalized spacial score (nSPS) is 24.7. The first-order valence-electron chi connectivity index (χ1n) is 5.29. The first kappa shape index (κ1) is 11.9. The van der Waals surface area contributed by atoms with Crippen LogP contribution in [0.25, 0.3) is 0 Å². The van der Waals surface area contributed by atoms with Crippen LogP contribution < -0.4 is 5.32 Å². The van der Waals surface area contributed by atoms with Crippen LogP contribution in [-0.2, 0) is 0 Å². The number of carbonyl (C=O) groups excluding carboxylic acids is 1. The summed E-state index contributed by atoms with van der Waals surface area (Å²) in [5, 5.41) is 4.24. The fraction of sp³-hybridized carbons (Fsp3) is 0.417. The molecule has 16 heavy (non-hydrogen) atoms. The van der Waals surface area contributed by atoms with Crippen LogP contribution >= 0.6 is 23.2 Å². The highest BCUT2D eigenvalue weighted by Crippen LogP contribution is 2.27. The second-order valence-electron chi connectivity index (χ2n) is 4.23. The lowest BCUT2D eigenvalue weighted by Crippen LogP contribution is -2.21. The van der Waals surface area contributed by atoms with Crippen LogP contribution in [-0.4, -0.2) is 18.9 Å². The van der Waals surface area contributed by atoms with Crippen molar-refractivity contribution in [2.24, 2.45) is 11.8 Å². The van der Waals surface area contributed by atoms with Gasteiger partial charge in [-0.25, -0.2) is 0 Å². The van der Waals surface area contributed by atoms with Gasteiger partial charge in [0.15, 0.2) is 5.78 Å². The number of nitrogens with one attached hydrogen (secondary N) is 1. The van der Waals surface area contributed by atoms with Gasteiger partial charge >= 0.3 is 0 Å². The van der Waals surface area contributed by atoms with Crippen molar-refractivity contribution < 1.29 is 4.79 Å². The van der Waals surface area contributed by atoms with E-state index >= 15 is 0 Å². The van der Waals surface area contributed by atoms with E-state index in [0.29, 0.717) is 21.5 Å². The summed E-state index contributed by atoms with van der Waals surface area (Å²) in [6, 6.07) is 5.01. The van der Waals surface area contributed by atoms with E-state index in [-0.39, 0.29) is 11.7 Å². The van der Waals surface area contributed by atoms with Gasteiger partial charge in [-0.05, 0) is 30.7 Å². The number of carbonyl (C=O) groups is 1. The van der Waals surface area contributed by atoms with Crippen molar-refractivity contribution in [3.8, 4) is 0 Å². The Kier molecular flexibility index (Phi) is 3.53. The van der Waals surface area contributed by atoms with Gasteiger partial charge in [0, 0.05) is 23.0 Å². The average Bonchev–Trinajstić information content (AvgIpc) is 2.67. The minimum absolute atomic E-state index is 0.0102. The Hall–Kier alpha value is -0.570. The zero-order chi connectivity index (χ0) is 11.7. The monoisotopic (exact) mass is 257 g/mol. The van der Waals surface area contributed by atoms with Crippen LogP contribution in [0.5, 0.6) is 0 Å². The summed E-state index contributed by atoms with van der Waals surface area (Å²) in [5.74, 6) is 0.448. The van der Waals surface area contributed by atoms with Crippen molar-refractivity contribution >= 4 is 29.0 Å². The van der Waals surface area contributed by atoms with E-state index in [1.165, 1.54) is 0 Å². The molecule has 1 heterocycles. The summed E-state index contributed by atoms with van der Waals surface area (Å²) in [4.78, 5) is 12.2. The second kappa shape index (κ2) is 4.74. The van der Waals surface area contributed by atoms with Crippen molar-refractivity contribution in [3.05, 3.63) is 33.8 Å². The van der Waals surface area contributed by atoms with Crippen LogP contribution in [0.1, 0.15) is 17.3 Å². The SMILES string of the molecule is CC1CNCC1C(=O)c1cc(Cl)ccc1Cl. The summed E-state index contributed by atoms with van der Waals surface area (Å²) in [6.07, 6.45) is 0. The molecule has 2 nitrogen and oxygen atoms in total. The third kappa shape index (κ3) is 2.24. The van der Waals surface area contributed by atoms with Crippen molar-refractivity contribution in [1.29, 1.82) is 0 Å². The van der Waals surface area contributed by atoms with Crippen LogP contribution in [0.2, 0.25) is 10.0 Å². The molecule has 86 valence electrons. The Morgan fingerprint density at radius 2 is 2.12 bits per heavy atom. The molecule has 1 aromatic rings. The van der Waals surface area contributed by atoms with Crippen LogP contribution in [0.3, 0.4) is 0 Å². The van der Waals surface area contributed by atoms with E-state index in [1.807, 2.05) is 0 Å². The highest BCUT2D eigenvalue weighted by molar-refractivity contribution is 6.36. The molecule has 4 heteroatoms. The van der Waals surface area contributed by atoms with Crippen molar-refractivity contribution in [3.63, 3.8) is 0 Å². The molecule has 0 radical (unpaired) electrons. The fourth-order valence-electron chi connectivity index (χ4n) is 2.05. The van der Waals surface area contributed by atoms with Gasteiger partial charge in [0.1, 0.15) is 0 Å². The van der Waals surface area contributed by atoms with Gasteiger partial charge in [-0.2, -0.15) is 0 Å². The summed E-state index contributed by atoms with van der Waals surface area (Å²) in [6.45, 7) is 3.68. The van der Waals surface area contributed by atoms with Gasteiger partial charge in [0.2, 0.25) is 0 Å². The van der Waals surface area contributed by atoms with Crippen LogP contribution in [0, 0.1) is 11.8 Å². The minimum atomic E-state index is 0.0102. The molecule has 0 bridgehead atoms. The summed E-state index contributed by atoms with van der Waals surface area (Å²) >= 11 is 11.9. The van der Waals surface area contributed by atoms with Gasteiger partial charge in [0.25, 0.3) is 0 Å². The molecule has 2 rings (SSSR count). The Morgan fingerprint density at radius 1 is 1.38 bits per heavy atom. The summed E-state index contributed by atoms with van der Waals surface area (Å²) < 4.78 is 0. The third-order valence-corrected chi connectivity index (χ3v) is 3.61. The van der Waals surface area contributed by atoms with E-state index in [4.69, 9.17) is 23.2 Å². The predicted octanol–water partition coefficient (Wildman–Crippen LogP) is 3.03. The Labute approximate surface area is 105 Å². The Bertz CT molecular complexity index is 419. The molecule has 0 spiro atoms. The minimum Gasteiger partial charge on any atom is -0.316 e. The number of halogens is 2. The summed E-state index contributed by atoms with van der Waals surface area (Å²) in [5.41, 5.74) is 0.537. The Balaban J connectivity index is 2.29. The highest BCUT2D eigenvalue weighted by atomic mass is 35.5. The van der Waals surface area contributed by atoms with E-state index in [0.717, 1.165) is 13.1 Å². The smallest absolute Gasteiger partial charge is 0.169 e. The first-order valence-corrected chi connectivity index (χ1v) is 6.05. The maximum atomic E-state index is 12.2. The van der Waals surface area contributed by atoms with E-state index < -0.39 is 0 Å². The average molecular weight is 258 g/mol. The number of Topliss-reactive ketones (excluding diaryl/α,β-unsaturated/α-hetero) is 1. The molecule has 1 aromatic carbocycles. The molecule has 1 saturated heterocycles. The van der Waals surface area contributed by atoms with Gasteiger partial charge in [-0.1, -0.05) is 30.1 Å². The molecule has 0 aromatic heterocycles. The lowest BCUT2D eigenvalue weighted by atomic mass is 9.90. The molecule has 2 atom stereocenters. The molecule has 0 saturated carbocycles. The van der Waals surface area contributed by atoms with E-state index in [1.54, 1.807) is 18.2 Å². The molecule has 2 unspecified atom stereocenters. The van der Waals surface area contributed by atoms with Gasteiger partial charge < -0.3 is 5.32 Å². The molecular weight excluding hydrogens is 245 g/mol. The number of rotatable bonds is 2. The number of hydrogen-bond donors (Lipinski definition) is 1. The van der Waals surface area contributed by atoms with Crippen molar-refractivity contribution in [1.82, 2.24) is 5.32 Å². The van der Waals surface area contributed by atoms with Crippen LogP contribution in [0.4, 0.5) is 0 Å². The number of benzene rings is 1. The van der Waals surface area contributed by atoms with E-state index in [9.17, 15) is 4.79 Å². The van der Waals surface area contributed by atoms with Crippen LogP contribution in [0.15, 0.2) is 18.2 Å². The lowest BCUT2D eigenvalue weighted by Gasteiger charge is -2.13. The standard InChI is InChI=1S/C12H13Cl2NO/c1-7-5-15-6-10(7)12(16)9-4-8(13)2-3-11(9)14/h2-4,7,10,15H,5-6H2,1H3. The predicted molar refractivity (Wildman–Crippen MR) is 66.3 cm³/mol. The van der Waals surface area contributed by atoms with Gasteiger partial charge in [-0.3, -0.25) is 4.79 Å². The zero-order valence-corrected chi connectivity index (χ0v) is 10.5. The highest BCUT2D eigenvalue weighted by Gasteiger charge is 2.31. The fourth-order valence-corrected chi connectivity index (χ4v) is 2.43. The molecule has 0 aliphatic carbocycles. The molecule has 1 aliphatic rings. The Morgan fingerprint density at radius 3 is 2.75 bits per heavy atom. The van der Waals surface area contributed by atoms with E-state index in [2.05, 4.69) is 12.2 Å². The number of ketones is 1. The maximum absolute atomic E-state index is 12.2. The molecular formula is C12H13Cl2NO. The quantitative estimate of drug-likeness (QED) is 0.826. The maximum Gasteiger partial charge on any atom is 0.169 e. The first-order chi connectivity index (χ1) is 7.59. The second-order valence-corrected chi connectivity index (χ2v) is 5.07. The zero-order valence-electron chi connectivity index (χ0n) is 8.97. The summed E-state index contributed by atoms with van der Waals surface area (Å²) in [7, 11) is 0. The lowest BCUT2D eigenvalue weighted by molar-refractivity contribution is 0.0908. The topological polar surface area (TPSA) is 29.1 Å². The van der Waals surface area contributed by atoms with Crippen molar-refractivity contribution in [2.75, 3.05) is 13.1 Å². The van der Waals surface area contributed by atoms with Gasteiger partial charge in [0.05, 0.1) is 5.02 Å². The number of hydrogen-bond acceptors (Lipinski definition) is 2. The molecule has 1 fully saturated rings. The van der Waals surface area contributed by atoms with Crippen molar-refractivity contribution in [2.45, 2.75) is 6.92 Å². The van der Waals surface area contributed by atoms with Gasteiger partial charge in [-0.15, -0.1) is 0 Å². The largest absolute Gasteiger partial charge is 0.316 e. The third-order valence-electron chi connectivity index (χ3n) is 3.05. The molecule has 1 N–H and O–H groups in total. The molecule has 1 aliphatic heterocycles.